The molecule has 0 aromatic heterocycles. The quantitative estimate of drug-likeness (QED) is 0.661. The van der Waals surface area contributed by atoms with Crippen molar-refractivity contribution in [3.63, 3.8) is 0 Å². The van der Waals surface area contributed by atoms with Crippen LogP contribution in [-0.2, 0) is 4.79 Å². The van der Waals surface area contributed by atoms with Gasteiger partial charge in [0.15, 0.2) is 0 Å². The summed E-state index contributed by atoms with van der Waals surface area (Å²) >= 11 is 1.26. The molecule has 1 unspecified atom stereocenters. The summed E-state index contributed by atoms with van der Waals surface area (Å²) in [6, 6.07) is 14.8. The van der Waals surface area contributed by atoms with Gasteiger partial charge in [-0.25, -0.2) is 0 Å². The molecule has 0 aliphatic carbocycles. The van der Waals surface area contributed by atoms with E-state index in [1.807, 2.05) is 55.5 Å². The summed E-state index contributed by atoms with van der Waals surface area (Å²) in [4.78, 5) is 12.2. The molecule has 0 spiro atoms. The first-order valence-corrected chi connectivity index (χ1v) is 6.76. The Balaban J connectivity index is 2.29. The third kappa shape index (κ3) is 3.29. The van der Waals surface area contributed by atoms with E-state index in [1.165, 1.54) is 11.8 Å². The molecule has 0 fully saturated rings. The molecule has 0 saturated heterocycles. The normalized spacial score (nSPS) is 12.1. The first-order valence-electron chi connectivity index (χ1n) is 5.88. The first kappa shape index (κ1) is 13.5. The maximum Gasteiger partial charge on any atom is 0.321 e. The third-order valence-corrected chi connectivity index (χ3v) is 4.07. The Labute approximate surface area is 116 Å². The average molecular weight is 273 g/mol. The van der Waals surface area contributed by atoms with E-state index in [9.17, 15) is 9.90 Å². The summed E-state index contributed by atoms with van der Waals surface area (Å²) in [6.45, 7) is 1.96. The number of aliphatic carboxylic acids is 1. The molecule has 0 amide bonds. The Morgan fingerprint density at radius 2 is 1.89 bits per heavy atom. The zero-order valence-electron chi connectivity index (χ0n) is 10.5. The summed E-state index contributed by atoms with van der Waals surface area (Å²) in [5, 5.41) is 8.72. The van der Waals surface area contributed by atoms with Crippen LogP contribution in [0.25, 0.3) is 0 Å². The fourth-order valence-corrected chi connectivity index (χ4v) is 2.78. The van der Waals surface area contributed by atoms with Crippen LogP contribution in [0.15, 0.2) is 53.4 Å². The largest absolute Gasteiger partial charge is 0.480 e. The minimum Gasteiger partial charge on any atom is -0.480 e. The summed E-state index contributed by atoms with van der Waals surface area (Å²) in [5.41, 5.74) is 8.38. The third-order valence-electron chi connectivity index (χ3n) is 2.74. The van der Waals surface area contributed by atoms with E-state index in [0.29, 0.717) is 5.69 Å². The van der Waals surface area contributed by atoms with Crippen molar-refractivity contribution in [2.24, 2.45) is 0 Å². The van der Waals surface area contributed by atoms with E-state index in [2.05, 4.69) is 0 Å². The van der Waals surface area contributed by atoms with E-state index < -0.39 is 11.2 Å². The van der Waals surface area contributed by atoms with Gasteiger partial charge in [-0.1, -0.05) is 36.4 Å². The van der Waals surface area contributed by atoms with Gasteiger partial charge < -0.3 is 10.8 Å². The number of nitrogen functional groups attached to an aromatic ring is 1. The summed E-state index contributed by atoms with van der Waals surface area (Å²) in [5.74, 6) is -0.865. The summed E-state index contributed by atoms with van der Waals surface area (Å²) in [7, 11) is 0. The van der Waals surface area contributed by atoms with Gasteiger partial charge in [-0.15, -0.1) is 11.8 Å². The molecule has 19 heavy (non-hydrogen) atoms. The van der Waals surface area contributed by atoms with Crippen LogP contribution < -0.4 is 5.73 Å². The fraction of sp³-hybridized carbons (Fsp3) is 0.133. The van der Waals surface area contributed by atoms with Gasteiger partial charge in [0, 0.05) is 10.6 Å². The number of hydrogen-bond acceptors (Lipinski definition) is 3. The molecule has 2 aromatic carbocycles. The Kier molecular flexibility index (Phi) is 4.12. The SMILES string of the molecule is Cc1ccc(SC(C(=O)O)c2ccccc2)c(N)c1. The number of carboxylic acids is 1. The zero-order chi connectivity index (χ0) is 13.8. The van der Waals surface area contributed by atoms with Crippen molar-refractivity contribution < 1.29 is 9.90 Å². The fourth-order valence-electron chi connectivity index (χ4n) is 1.79. The molecule has 3 N–H and O–H groups in total. The number of carbonyl (C=O) groups is 1. The minimum atomic E-state index is -0.865. The number of thioether (sulfide) groups is 1. The van der Waals surface area contributed by atoms with Crippen LogP contribution in [0, 0.1) is 6.92 Å². The van der Waals surface area contributed by atoms with E-state index >= 15 is 0 Å². The molecule has 0 radical (unpaired) electrons. The molecule has 0 aliphatic rings. The van der Waals surface area contributed by atoms with Crippen molar-refractivity contribution >= 4 is 23.4 Å². The van der Waals surface area contributed by atoms with Gasteiger partial charge in [0.1, 0.15) is 5.25 Å². The van der Waals surface area contributed by atoms with E-state index in [1.54, 1.807) is 0 Å². The maximum absolute atomic E-state index is 11.4. The highest BCUT2D eigenvalue weighted by Crippen LogP contribution is 2.38. The zero-order valence-corrected chi connectivity index (χ0v) is 11.4. The number of benzene rings is 2. The lowest BCUT2D eigenvalue weighted by Crippen LogP contribution is -2.08. The standard InChI is InChI=1S/C15H15NO2S/c1-10-7-8-13(12(16)9-10)19-14(15(17)18)11-5-3-2-4-6-11/h2-9,14H,16H2,1H3,(H,17,18). The second-order valence-electron chi connectivity index (χ2n) is 4.29. The van der Waals surface area contributed by atoms with Gasteiger partial charge in [-0.05, 0) is 30.2 Å². The monoisotopic (exact) mass is 273 g/mol. The van der Waals surface area contributed by atoms with Gasteiger partial charge in [0.05, 0.1) is 0 Å². The number of rotatable bonds is 4. The molecule has 2 rings (SSSR count). The van der Waals surface area contributed by atoms with Crippen molar-refractivity contribution in [3.05, 3.63) is 59.7 Å². The van der Waals surface area contributed by atoms with Crippen molar-refractivity contribution in [1.29, 1.82) is 0 Å². The second-order valence-corrected chi connectivity index (χ2v) is 5.44. The number of nitrogens with two attached hydrogens (primary N) is 1. The van der Waals surface area contributed by atoms with Crippen molar-refractivity contribution in [2.45, 2.75) is 17.1 Å². The molecule has 4 heteroatoms. The Morgan fingerprint density at radius 1 is 1.21 bits per heavy atom. The topological polar surface area (TPSA) is 63.3 Å². The lowest BCUT2D eigenvalue weighted by molar-refractivity contribution is -0.136. The highest BCUT2D eigenvalue weighted by Gasteiger charge is 2.21. The summed E-state index contributed by atoms with van der Waals surface area (Å²) in [6.07, 6.45) is 0. The van der Waals surface area contributed by atoms with E-state index in [-0.39, 0.29) is 0 Å². The predicted octanol–water partition coefficient (Wildman–Crippen LogP) is 3.50. The highest BCUT2D eigenvalue weighted by molar-refractivity contribution is 8.00. The van der Waals surface area contributed by atoms with Crippen molar-refractivity contribution in [1.82, 2.24) is 0 Å². The molecule has 2 aromatic rings. The van der Waals surface area contributed by atoms with Crippen LogP contribution in [0.4, 0.5) is 5.69 Å². The molecular formula is C15H15NO2S. The molecule has 1 atom stereocenters. The van der Waals surface area contributed by atoms with E-state index in [0.717, 1.165) is 16.0 Å². The Hall–Kier alpha value is -1.94. The maximum atomic E-state index is 11.4. The first-order chi connectivity index (χ1) is 9.08. The Bertz CT molecular complexity index is 584. The molecule has 0 saturated carbocycles. The lowest BCUT2D eigenvalue weighted by Gasteiger charge is -2.14. The molecular weight excluding hydrogens is 258 g/mol. The number of carboxylic acid groups (broad SMARTS) is 1. The molecule has 3 nitrogen and oxygen atoms in total. The lowest BCUT2D eigenvalue weighted by atomic mass is 10.1. The number of anilines is 1. The van der Waals surface area contributed by atoms with E-state index in [4.69, 9.17) is 5.73 Å². The number of aryl methyl sites for hydroxylation is 1. The molecule has 0 aliphatic heterocycles. The van der Waals surface area contributed by atoms with Crippen LogP contribution in [-0.4, -0.2) is 11.1 Å². The van der Waals surface area contributed by atoms with Crippen LogP contribution in [0.5, 0.6) is 0 Å². The Morgan fingerprint density at radius 3 is 2.47 bits per heavy atom. The van der Waals surface area contributed by atoms with Crippen molar-refractivity contribution in [2.75, 3.05) is 5.73 Å². The molecule has 98 valence electrons. The van der Waals surface area contributed by atoms with Crippen LogP contribution in [0.1, 0.15) is 16.4 Å². The highest BCUT2D eigenvalue weighted by atomic mass is 32.2. The minimum absolute atomic E-state index is 0.618. The van der Waals surface area contributed by atoms with Crippen LogP contribution >= 0.6 is 11.8 Å². The van der Waals surface area contributed by atoms with Crippen LogP contribution in [0.2, 0.25) is 0 Å². The van der Waals surface area contributed by atoms with Crippen molar-refractivity contribution in [3.8, 4) is 0 Å². The average Bonchev–Trinajstić information content (AvgIpc) is 2.38. The van der Waals surface area contributed by atoms with Crippen LogP contribution in [0.3, 0.4) is 0 Å². The van der Waals surface area contributed by atoms with Gasteiger partial charge in [-0.2, -0.15) is 0 Å². The van der Waals surface area contributed by atoms with Gasteiger partial charge >= 0.3 is 5.97 Å². The predicted molar refractivity (Wildman–Crippen MR) is 78.3 cm³/mol. The molecule has 0 heterocycles. The van der Waals surface area contributed by atoms with Gasteiger partial charge in [-0.3, -0.25) is 4.79 Å². The summed E-state index contributed by atoms with van der Waals surface area (Å²) < 4.78 is 0. The second kappa shape index (κ2) is 5.80. The number of hydrogen-bond donors (Lipinski definition) is 2. The molecule has 0 bridgehead atoms. The smallest absolute Gasteiger partial charge is 0.321 e. The van der Waals surface area contributed by atoms with Gasteiger partial charge in [0.25, 0.3) is 0 Å². The van der Waals surface area contributed by atoms with Gasteiger partial charge in [0.2, 0.25) is 0 Å².